The standard InChI is InChI=1S/C19H16ClFN2O2/c1-10-13-9-12(8-11-4-3-7-23(17(11)13)19(10)25)22-18(24)16-14(20)5-2-6-15(16)21/h2,5-6,8-10H,3-4,7H2,1H3,(H,22,24). The highest BCUT2D eigenvalue weighted by Gasteiger charge is 2.38. The van der Waals surface area contributed by atoms with Crippen molar-refractivity contribution < 1.29 is 14.0 Å². The molecule has 1 unspecified atom stereocenters. The van der Waals surface area contributed by atoms with Gasteiger partial charge in [0, 0.05) is 12.2 Å². The van der Waals surface area contributed by atoms with Crippen molar-refractivity contribution in [3.63, 3.8) is 0 Å². The van der Waals surface area contributed by atoms with E-state index in [0.717, 1.165) is 36.2 Å². The van der Waals surface area contributed by atoms with Crippen LogP contribution in [0.5, 0.6) is 0 Å². The molecule has 2 aromatic carbocycles. The fraction of sp³-hybridized carbons (Fsp3) is 0.263. The molecule has 128 valence electrons. The van der Waals surface area contributed by atoms with E-state index in [1.807, 2.05) is 17.9 Å². The van der Waals surface area contributed by atoms with E-state index >= 15 is 0 Å². The van der Waals surface area contributed by atoms with E-state index in [1.54, 1.807) is 6.07 Å². The first kappa shape index (κ1) is 16.1. The molecule has 2 amide bonds. The highest BCUT2D eigenvalue weighted by molar-refractivity contribution is 6.34. The molecule has 0 spiro atoms. The van der Waals surface area contributed by atoms with Gasteiger partial charge in [0.05, 0.1) is 22.2 Å². The van der Waals surface area contributed by atoms with Crippen molar-refractivity contribution in [2.45, 2.75) is 25.7 Å². The van der Waals surface area contributed by atoms with Crippen molar-refractivity contribution in [2.75, 3.05) is 16.8 Å². The van der Waals surface area contributed by atoms with Gasteiger partial charge < -0.3 is 10.2 Å². The van der Waals surface area contributed by atoms with E-state index in [4.69, 9.17) is 11.6 Å². The monoisotopic (exact) mass is 358 g/mol. The molecule has 1 N–H and O–H groups in total. The SMILES string of the molecule is CC1C(=O)N2CCCc3cc(NC(=O)c4c(F)cccc4Cl)cc1c32. The number of nitrogens with zero attached hydrogens (tertiary/aromatic N) is 1. The molecule has 2 aromatic rings. The first-order chi connectivity index (χ1) is 12.0. The zero-order valence-electron chi connectivity index (χ0n) is 13.6. The quantitative estimate of drug-likeness (QED) is 0.877. The van der Waals surface area contributed by atoms with Crippen LogP contribution < -0.4 is 10.2 Å². The molecule has 0 fully saturated rings. The summed E-state index contributed by atoms with van der Waals surface area (Å²) in [6.45, 7) is 2.61. The van der Waals surface area contributed by atoms with Crippen LogP contribution in [0, 0.1) is 5.82 Å². The molecule has 0 saturated carbocycles. The first-order valence-electron chi connectivity index (χ1n) is 8.21. The average Bonchev–Trinajstić information content (AvgIpc) is 2.81. The summed E-state index contributed by atoms with van der Waals surface area (Å²) < 4.78 is 13.9. The minimum Gasteiger partial charge on any atom is -0.322 e. The molecule has 0 saturated heterocycles. The summed E-state index contributed by atoms with van der Waals surface area (Å²) in [5, 5.41) is 2.79. The molecular weight excluding hydrogens is 343 g/mol. The predicted octanol–water partition coefficient (Wildman–Crippen LogP) is 4.13. The minimum atomic E-state index is -0.665. The lowest BCUT2D eigenvalue weighted by Crippen LogP contribution is -2.32. The van der Waals surface area contributed by atoms with Crippen molar-refractivity contribution in [3.8, 4) is 0 Å². The predicted molar refractivity (Wildman–Crippen MR) is 94.9 cm³/mol. The molecule has 0 aliphatic carbocycles. The van der Waals surface area contributed by atoms with Crippen molar-refractivity contribution in [1.82, 2.24) is 0 Å². The molecule has 0 aromatic heterocycles. The Morgan fingerprint density at radius 2 is 2.16 bits per heavy atom. The fourth-order valence-electron chi connectivity index (χ4n) is 3.68. The Bertz CT molecular complexity index is 892. The Kier molecular flexibility index (Phi) is 3.76. The van der Waals surface area contributed by atoms with Crippen molar-refractivity contribution in [1.29, 1.82) is 0 Å². The van der Waals surface area contributed by atoms with Gasteiger partial charge in [-0.25, -0.2) is 4.39 Å². The van der Waals surface area contributed by atoms with Crippen LogP contribution in [0.2, 0.25) is 5.02 Å². The van der Waals surface area contributed by atoms with Gasteiger partial charge >= 0.3 is 0 Å². The minimum absolute atomic E-state index is 0.0646. The van der Waals surface area contributed by atoms with Gasteiger partial charge in [-0.2, -0.15) is 0 Å². The van der Waals surface area contributed by atoms with E-state index in [1.165, 1.54) is 18.2 Å². The van der Waals surface area contributed by atoms with Gasteiger partial charge in [-0.1, -0.05) is 17.7 Å². The fourth-order valence-corrected chi connectivity index (χ4v) is 3.92. The van der Waals surface area contributed by atoms with Gasteiger partial charge in [0.25, 0.3) is 5.91 Å². The van der Waals surface area contributed by atoms with Gasteiger partial charge in [-0.15, -0.1) is 0 Å². The maximum atomic E-state index is 13.9. The average molecular weight is 359 g/mol. The number of nitrogens with one attached hydrogen (secondary N) is 1. The topological polar surface area (TPSA) is 49.4 Å². The Morgan fingerprint density at radius 3 is 2.92 bits per heavy atom. The van der Waals surface area contributed by atoms with E-state index in [2.05, 4.69) is 5.32 Å². The third kappa shape index (κ3) is 2.50. The number of benzene rings is 2. The Labute approximate surface area is 149 Å². The summed E-state index contributed by atoms with van der Waals surface area (Å²) in [5.41, 5.74) is 3.31. The highest BCUT2D eigenvalue weighted by Crippen LogP contribution is 2.44. The molecule has 4 rings (SSSR count). The number of carbonyl (C=O) groups is 2. The van der Waals surface area contributed by atoms with Gasteiger partial charge in [0.1, 0.15) is 5.82 Å². The molecule has 6 heteroatoms. The van der Waals surface area contributed by atoms with Crippen LogP contribution in [-0.4, -0.2) is 18.4 Å². The summed E-state index contributed by atoms with van der Waals surface area (Å²) in [6, 6.07) is 7.80. The number of hydrogen-bond acceptors (Lipinski definition) is 2. The zero-order valence-corrected chi connectivity index (χ0v) is 14.4. The first-order valence-corrected chi connectivity index (χ1v) is 8.58. The second-order valence-corrected chi connectivity index (χ2v) is 6.85. The molecule has 1 atom stereocenters. The molecule has 2 heterocycles. The van der Waals surface area contributed by atoms with Crippen LogP contribution in [0.4, 0.5) is 15.8 Å². The van der Waals surface area contributed by atoms with E-state index in [0.29, 0.717) is 5.69 Å². The summed E-state index contributed by atoms with van der Waals surface area (Å²) in [4.78, 5) is 26.7. The van der Waals surface area contributed by atoms with Gasteiger partial charge in [-0.05, 0) is 55.2 Å². The summed E-state index contributed by atoms with van der Waals surface area (Å²) >= 11 is 5.96. The molecule has 2 aliphatic rings. The summed E-state index contributed by atoms with van der Waals surface area (Å²) in [7, 11) is 0. The lowest BCUT2D eigenvalue weighted by Gasteiger charge is -2.26. The van der Waals surface area contributed by atoms with Crippen LogP contribution in [0.3, 0.4) is 0 Å². The lowest BCUT2D eigenvalue weighted by molar-refractivity contribution is -0.119. The number of anilines is 2. The van der Waals surface area contributed by atoms with Crippen molar-refractivity contribution in [2.24, 2.45) is 0 Å². The van der Waals surface area contributed by atoms with Gasteiger partial charge in [0.15, 0.2) is 0 Å². The maximum Gasteiger partial charge on any atom is 0.260 e. The summed E-state index contributed by atoms with van der Waals surface area (Å²) in [6.07, 6.45) is 1.74. The number of hydrogen-bond donors (Lipinski definition) is 1. The largest absolute Gasteiger partial charge is 0.322 e. The van der Waals surface area contributed by atoms with Crippen LogP contribution >= 0.6 is 11.6 Å². The maximum absolute atomic E-state index is 13.9. The van der Waals surface area contributed by atoms with Crippen LogP contribution in [0.1, 0.15) is 40.7 Å². The number of aryl methyl sites for hydroxylation is 1. The molecule has 4 nitrogen and oxygen atoms in total. The number of carbonyl (C=O) groups excluding carboxylic acids is 2. The number of amides is 2. The lowest BCUT2D eigenvalue weighted by atomic mass is 9.96. The normalized spacial score (nSPS) is 18.3. The van der Waals surface area contributed by atoms with Crippen LogP contribution in [0.25, 0.3) is 0 Å². The molecule has 0 bridgehead atoms. The third-order valence-corrected chi connectivity index (χ3v) is 5.18. The number of rotatable bonds is 2. The van der Waals surface area contributed by atoms with E-state index in [9.17, 15) is 14.0 Å². The molecular formula is C19H16ClFN2O2. The van der Waals surface area contributed by atoms with Crippen LogP contribution in [0.15, 0.2) is 30.3 Å². The molecule has 2 aliphatic heterocycles. The van der Waals surface area contributed by atoms with E-state index < -0.39 is 11.7 Å². The number of halogens is 2. The van der Waals surface area contributed by atoms with Crippen molar-refractivity contribution in [3.05, 3.63) is 57.9 Å². The highest BCUT2D eigenvalue weighted by atomic mass is 35.5. The second kappa shape index (κ2) is 5.85. The van der Waals surface area contributed by atoms with Gasteiger partial charge in [-0.3, -0.25) is 9.59 Å². The van der Waals surface area contributed by atoms with E-state index in [-0.39, 0.29) is 22.4 Å². The molecule has 25 heavy (non-hydrogen) atoms. The van der Waals surface area contributed by atoms with Crippen molar-refractivity contribution >= 4 is 34.8 Å². The Morgan fingerprint density at radius 1 is 1.36 bits per heavy atom. The molecule has 0 radical (unpaired) electrons. The van der Waals surface area contributed by atoms with Gasteiger partial charge in [0.2, 0.25) is 5.91 Å². The third-order valence-electron chi connectivity index (χ3n) is 4.87. The second-order valence-electron chi connectivity index (χ2n) is 6.44. The summed E-state index contributed by atoms with van der Waals surface area (Å²) in [5.74, 6) is -1.40. The zero-order chi connectivity index (χ0) is 17.7. The smallest absolute Gasteiger partial charge is 0.260 e. The van der Waals surface area contributed by atoms with Crippen LogP contribution in [-0.2, 0) is 11.2 Å². The Balaban J connectivity index is 1.72. The Hall–Kier alpha value is -2.40.